The van der Waals surface area contributed by atoms with E-state index in [0.29, 0.717) is 17.0 Å². The molecule has 5 nitrogen and oxygen atoms in total. The summed E-state index contributed by atoms with van der Waals surface area (Å²) in [5.41, 5.74) is 8.50. The minimum absolute atomic E-state index is 0.203. The Bertz CT molecular complexity index is 488. The maximum absolute atomic E-state index is 11.1. The molecule has 0 bridgehead atoms. The first kappa shape index (κ1) is 13.9. The number of nitrogens with two attached hydrogens (primary N) is 1. The van der Waals surface area contributed by atoms with Gasteiger partial charge >= 0.3 is 0 Å². The van der Waals surface area contributed by atoms with Crippen LogP contribution < -0.4 is 5.73 Å². The van der Waals surface area contributed by atoms with Gasteiger partial charge in [0.15, 0.2) is 0 Å². The van der Waals surface area contributed by atoms with Gasteiger partial charge in [-0.25, -0.2) is 0 Å². The summed E-state index contributed by atoms with van der Waals surface area (Å²) in [7, 11) is 0. The van der Waals surface area contributed by atoms with Gasteiger partial charge in [-0.15, -0.1) is 0 Å². The Kier molecular flexibility index (Phi) is 4.14. The number of pyridine rings is 1. The molecule has 1 aliphatic rings. The Hall–Kier alpha value is -1.49. The lowest BCUT2D eigenvalue weighted by Crippen LogP contribution is -2.34. The first-order valence-electron chi connectivity index (χ1n) is 6.85. The van der Waals surface area contributed by atoms with Gasteiger partial charge in [0, 0.05) is 23.4 Å². The third-order valence-electron chi connectivity index (χ3n) is 4.18. The second-order valence-electron chi connectivity index (χ2n) is 5.53. The van der Waals surface area contributed by atoms with E-state index in [0.717, 1.165) is 25.0 Å². The highest BCUT2D eigenvalue weighted by molar-refractivity contribution is 5.47. The van der Waals surface area contributed by atoms with Gasteiger partial charge in [0.2, 0.25) is 0 Å². The number of nitro groups is 1. The fraction of sp³-hybridized carbons (Fsp3) is 0.643. The molecule has 1 aromatic rings. The molecule has 104 valence electrons. The SMILES string of the molecule is Cc1cnc(CC2CCCCC2N)c(C)c1[N+](=O)[O-]. The number of hydrogen-bond acceptors (Lipinski definition) is 4. The van der Waals surface area contributed by atoms with Crippen molar-refractivity contribution in [1.82, 2.24) is 4.98 Å². The van der Waals surface area contributed by atoms with Gasteiger partial charge in [0.05, 0.1) is 10.6 Å². The second kappa shape index (κ2) is 5.65. The molecular formula is C14H21N3O2. The van der Waals surface area contributed by atoms with E-state index in [4.69, 9.17) is 5.73 Å². The first-order valence-corrected chi connectivity index (χ1v) is 6.85. The summed E-state index contributed by atoms with van der Waals surface area (Å²) in [5.74, 6) is 0.405. The third kappa shape index (κ3) is 2.92. The van der Waals surface area contributed by atoms with Crippen LogP contribution in [0.2, 0.25) is 0 Å². The van der Waals surface area contributed by atoms with Crippen LogP contribution >= 0.6 is 0 Å². The molecule has 1 aromatic heterocycles. The van der Waals surface area contributed by atoms with E-state index in [2.05, 4.69) is 4.98 Å². The Morgan fingerprint density at radius 2 is 2.11 bits per heavy atom. The van der Waals surface area contributed by atoms with Gasteiger partial charge in [0.1, 0.15) is 0 Å². The van der Waals surface area contributed by atoms with Crippen LogP contribution in [0.5, 0.6) is 0 Å². The molecule has 0 saturated heterocycles. The smallest absolute Gasteiger partial charge is 0.278 e. The van der Waals surface area contributed by atoms with Crippen LogP contribution in [0.3, 0.4) is 0 Å². The normalized spacial score (nSPS) is 23.3. The van der Waals surface area contributed by atoms with E-state index < -0.39 is 0 Å². The Labute approximate surface area is 113 Å². The zero-order chi connectivity index (χ0) is 14.0. The van der Waals surface area contributed by atoms with Gasteiger partial charge in [-0.1, -0.05) is 12.8 Å². The summed E-state index contributed by atoms with van der Waals surface area (Å²) in [6.45, 7) is 3.52. The van der Waals surface area contributed by atoms with Gasteiger partial charge in [-0.05, 0) is 39.0 Å². The molecule has 1 fully saturated rings. The Morgan fingerprint density at radius 1 is 1.42 bits per heavy atom. The van der Waals surface area contributed by atoms with Crippen molar-refractivity contribution in [3.05, 3.63) is 33.1 Å². The van der Waals surface area contributed by atoms with Crippen molar-refractivity contribution in [1.29, 1.82) is 0 Å². The number of nitrogens with zero attached hydrogens (tertiary/aromatic N) is 2. The molecule has 2 N–H and O–H groups in total. The highest BCUT2D eigenvalue weighted by Gasteiger charge is 2.25. The molecule has 1 saturated carbocycles. The van der Waals surface area contributed by atoms with Gasteiger partial charge < -0.3 is 5.73 Å². The predicted octanol–water partition coefficient (Wildman–Crippen LogP) is 2.67. The van der Waals surface area contributed by atoms with Crippen LogP contribution in [-0.2, 0) is 6.42 Å². The second-order valence-corrected chi connectivity index (χ2v) is 5.53. The summed E-state index contributed by atoms with van der Waals surface area (Å²) >= 11 is 0. The Balaban J connectivity index is 2.25. The monoisotopic (exact) mass is 263 g/mol. The quantitative estimate of drug-likeness (QED) is 0.671. The number of rotatable bonds is 3. The molecule has 2 atom stereocenters. The summed E-state index contributed by atoms with van der Waals surface area (Å²) in [6.07, 6.45) is 6.91. The minimum atomic E-state index is -0.309. The maximum atomic E-state index is 11.1. The number of aromatic nitrogens is 1. The lowest BCUT2D eigenvalue weighted by molar-refractivity contribution is -0.386. The maximum Gasteiger partial charge on any atom is 0.278 e. The first-order chi connectivity index (χ1) is 9.00. The van der Waals surface area contributed by atoms with Crippen LogP contribution in [0, 0.1) is 29.9 Å². The fourth-order valence-corrected chi connectivity index (χ4v) is 2.99. The highest BCUT2D eigenvalue weighted by Crippen LogP contribution is 2.30. The fourth-order valence-electron chi connectivity index (χ4n) is 2.99. The molecular weight excluding hydrogens is 242 g/mol. The molecule has 2 rings (SSSR count). The summed E-state index contributed by atoms with van der Waals surface area (Å²) in [6, 6.07) is 0.204. The zero-order valence-electron chi connectivity index (χ0n) is 11.6. The van der Waals surface area contributed by atoms with Crippen molar-refractivity contribution in [3.63, 3.8) is 0 Å². The molecule has 0 amide bonds. The number of hydrogen-bond donors (Lipinski definition) is 1. The molecule has 1 aliphatic carbocycles. The average Bonchev–Trinajstić information content (AvgIpc) is 2.35. The third-order valence-corrected chi connectivity index (χ3v) is 4.18. The lowest BCUT2D eigenvalue weighted by atomic mass is 9.81. The molecule has 0 radical (unpaired) electrons. The van der Waals surface area contributed by atoms with Gasteiger partial charge in [-0.2, -0.15) is 0 Å². The molecule has 0 aliphatic heterocycles. The van der Waals surface area contributed by atoms with Crippen LogP contribution in [0.25, 0.3) is 0 Å². The molecule has 0 spiro atoms. The van der Waals surface area contributed by atoms with E-state index in [-0.39, 0.29) is 16.7 Å². The minimum Gasteiger partial charge on any atom is -0.327 e. The van der Waals surface area contributed by atoms with E-state index in [1.54, 1.807) is 20.0 Å². The van der Waals surface area contributed by atoms with E-state index in [9.17, 15) is 10.1 Å². The van der Waals surface area contributed by atoms with E-state index >= 15 is 0 Å². The van der Waals surface area contributed by atoms with Crippen molar-refractivity contribution >= 4 is 5.69 Å². The van der Waals surface area contributed by atoms with Crippen molar-refractivity contribution in [2.45, 2.75) is 52.0 Å². The van der Waals surface area contributed by atoms with Crippen molar-refractivity contribution < 1.29 is 4.92 Å². The lowest BCUT2D eigenvalue weighted by Gasteiger charge is -2.28. The van der Waals surface area contributed by atoms with Crippen LogP contribution in [-0.4, -0.2) is 15.9 Å². The van der Waals surface area contributed by atoms with E-state index in [1.165, 1.54) is 12.8 Å². The topological polar surface area (TPSA) is 82.0 Å². The molecule has 19 heavy (non-hydrogen) atoms. The highest BCUT2D eigenvalue weighted by atomic mass is 16.6. The van der Waals surface area contributed by atoms with Crippen molar-refractivity contribution in [2.75, 3.05) is 0 Å². The summed E-state index contributed by atoms with van der Waals surface area (Å²) in [4.78, 5) is 15.2. The molecule has 2 unspecified atom stereocenters. The largest absolute Gasteiger partial charge is 0.327 e. The summed E-state index contributed by atoms with van der Waals surface area (Å²) < 4.78 is 0. The van der Waals surface area contributed by atoms with Crippen LogP contribution in [0.15, 0.2) is 6.20 Å². The van der Waals surface area contributed by atoms with Gasteiger partial charge in [0.25, 0.3) is 5.69 Å². The number of aryl methyl sites for hydroxylation is 1. The molecule has 0 aromatic carbocycles. The van der Waals surface area contributed by atoms with Crippen molar-refractivity contribution in [3.8, 4) is 0 Å². The van der Waals surface area contributed by atoms with Crippen molar-refractivity contribution in [2.24, 2.45) is 11.7 Å². The van der Waals surface area contributed by atoms with Crippen LogP contribution in [0.4, 0.5) is 5.69 Å². The molecule has 5 heteroatoms. The summed E-state index contributed by atoms with van der Waals surface area (Å²) in [5, 5.41) is 11.1. The Morgan fingerprint density at radius 3 is 2.74 bits per heavy atom. The average molecular weight is 263 g/mol. The van der Waals surface area contributed by atoms with Gasteiger partial charge in [-0.3, -0.25) is 15.1 Å². The van der Waals surface area contributed by atoms with Crippen LogP contribution in [0.1, 0.15) is 42.5 Å². The molecule has 1 heterocycles. The zero-order valence-corrected chi connectivity index (χ0v) is 11.6. The standard InChI is InChI=1S/C14H21N3O2/c1-9-8-16-13(10(2)14(9)17(18)19)7-11-5-3-4-6-12(11)15/h8,11-12H,3-7,15H2,1-2H3. The van der Waals surface area contributed by atoms with E-state index in [1.807, 2.05) is 0 Å². The predicted molar refractivity (Wildman–Crippen MR) is 74.0 cm³/mol.